The van der Waals surface area contributed by atoms with Crippen LogP contribution in [0.15, 0.2) is 18.2 Å². The minimum atomic E-state index is -3.77. The predicted octanol–water partition coefficient (Wildman–Crippen LogP) is 4.59. The number of nitrogens with zero attached hydrogens (tertiary/aromatic N) is 3. The molecule has 1 saturated carbocycles. The molecule has 0 bridgehead atoms. The molecule has 1 aliphatic carbocycles. The van der Waals surface area contributed by atoms with Crippen LogP contribution < -0.4 is 14.9 Å². The van der Waals surface area contributed by atoms with Gasteiger partial charge in [-0.3, -0.25) is 4.31 Å². The van der Waals surface area contributed by atoms with Crippen LogP contribution in [0, 0.1) is 11.3 Å². The summed E-state index contributed by atoms with van der Waals surface area (Å²) >= 11 is 0. The van der Waals surface area contributed by atoms with Crippen molar-refractivity contribution in [1.29, 1.82) is 0 Å². The highest BCUT2D eigenvalue weighted by atomic mass is 32.2. The van der Waals surface area contributed by atoms with Gasteiger partial charge in [-0.05, 0) is 55.2 Å². The molecule has 0 radical (unpaired) electrons. The Morgan fingerprint density at radius 1 is 1.18 bits per heavy atom. The number of aromatic amines is 1. The van der Waals surface area contributed by atoms with Gasteiger partial charge in [-0.25, -0.2) is 18.6 Å². The van der Waals surface area contributed by atoms with Gasteiger partial charge < -0.3 is 15.6 Å². The number of fused-ring (bicyclic) bond motifs is 1. The maximum Gasteiger partial charge on any atom is 0.314 e. The van der Waals surface area contributed by atoms with E-state index in [2.05, 4.69) is 36.4 Å². The van der Waals surface area contributed by atoms with Gasteiger partial charge in [0, 0.05) is 52.0 Å². The normalized spacial score (nSPS) is 20.8. The number of piperidine rings is 1. The van der Waals surface area contributed by atoms with Crippen molar-refractivity contribution < 1.29 is 22.0 Å². The number of amides is 2. The van der Waals surface area contributed by atoms with E-state index in [9.17, 15) is 22.0 Å². The summed E-state index contributed by atoms with van der Waals surface area (Å²) in [4.78, 5) is 19.8. The number of H-pyrrole nitrogens is 1. The second-order valence-electron chi connectivity index (χ2n) is 11.7. The highest BCUT2D eigenvalue weighted by Gasteiger charge is 2.42. The van der Waals surface area contributed by atoms with Gasteiger partial charge in [-0.2, -0.15) is 12.7 Å². The smallest absolute Gasteiger partial charge is 0.314 e. The van der Waals surface area contributed by atoms with Crippen molar-refractivity contribution in [2.75, 3.05) is 31.5 Å². The van der Waals surface area contributed by atoms with Crippen LogP contribution in [-0.2, 0) is 10.2 Å². The third-order valence-corrected chi connectivity index (χ3v) is 9.92. The molecule has 1 unspecified atom stereocenters. The third kappa shape index (κ3) is 6.06. The number of carbonyl (C=O) groups excluding carboxylic acids is 1. The van der Waals surface area contributed by atoms with Crippen LogP contribution in [-0.4, -0.2) is 67.9 Å². The molecule has 2 aliphatic rings. The van der Waals surface area contributed by atoms with Crippen molar-refractivity contribution >= 4 is 33.0 Å². The monoisotopic (exact) mass is 554 g/mol. The molecule has 9 nitrogen and oxygen atoms in total. The maximum atomic E-state index is 13.8. The zero-order valence-electron chi connectivity index (χ0n) is 22.9. The zero-order valence-corrected chi connectivity index (χ0v) is 23.7. The van der Waals surface area contributed by atoms with Gasteiger partial charge in [-0.15, -0.1) is 0 Å². The highest BCUT2D eigenvalue weighted by molar-refractivity contribution is 7.90. The van der Waals surface area contributed by atoms with E-state index in [1.807, 2.05) is 0 Å². The summed E-state index contributed by atoms with van der Waals surface area (Å²) in [5, 5.41) is 5.36. The summed E-state index contributed by atoms with van der Waals surface area (Å²) in [7, 11) is -0.693. The van der Waals surface area contributed by atoms with Crippen LogP contribution in [0.3, 0.4) is 0 Å². The fourth-order valence-electron chi connectivity index (χ4n) is 5.89. The molecule has 3 N–H and O–H groups in total. The summed E-state index contributed by atoms with van der Waals surface area (Å²) in [5.74, 6) is -1.76. The minimum absolute atomic E-state index is 0.0272. The van der Waals surface area contributed by atoms with Gasteiger partial charge in [-0.1, -0.05) is 20.8 Å². The minimum Gasteiger partial charge on any atom is -0.342 e. The Balaban J connectivity index is 1.52. The second-order valence-corrected chi connectivity index (χ2v) is 13.7. The molecule has 1 aliphatic heterocycles. The van der Waals surface area contributed by atoms with E-state index in [1.54, 1.807) is 25.2 Å². The van der Waals surface area contributed by atoms with E-state index in [1.165, 1.54) is 15.7 Å². The fraction of sp³-hybridized carbons (Fsp3) is 0.692. The van der Waals surface area contributed by atoms with Crippen molar-refractivity contribution in [2.45, 2.75) is 77.2 Å². The Labute approximate surface area is 223 Å². The molecule has 0 spiro atoms. The molecule has 2 fully saturated rings. The first kappa shape index (κ1) is 28.5. The lowest BCUT2D eigenvalue weighted by atomic mass is 9.67. The average Bonchev–Trinajstić information content (AvgIpc) is 3.26. The number of halogens is 2. The number of carbonyl (C=O) groups is 1. The molecular formula is C26H40F2N6O3S. The van der Waals surface area contributed by atoms with Crippen molar-refractivity contribution in [3.05, 3.63) is 24.0 Å². The second kappa shape index (κ2) is 10.6. The number of rotatable bonds is 6. The van der Waals surface area contributed by atoms with E-state index in [4.69, 9.17) is 4.98 Å². The quantitative estimate of drug-likeness (QED) is 0.485. The van der Waals surface area contributed by atoms with E-state index < -0.39 is 16.1 Å². The van der Waals surface area contributed by atoms with Gasteiger partial charge in [0.15, 0.2) is 0 Å². The molecule has 1 atom stereocenters. The third-order valence-electron chi connectivity index (χ3n) is 8.00. The van der Waals surface area contributed by atoms with Gasteiger partial charge in [0.1, 0.15) is 5.82 Å². The van der Waals surface area contributed by atoms with Crippen molar-refractivity contribution in [3.63, 3.8) is 0 Å². The Kier molecular flexibility index (Phi) is 7.96. The number of imidazole rings is 1. The summed E-state index contributed by atoms with van der Waals surface area (Å²) in [6.45, 7) is 6.95. The lowest BCUT2D eigenvalue weighted by molar-refractivity contribution is -0.0533. The Morgan fingerprint density at radius 2 is 1.82 bits per heavy atom. The maximum absolute atomic E-state index is 13.8. The van der Waals surface area contributed by atoms with Crippen LogP contribution in [0.2, 0.25) is 0 Å². The van der Waals surface area contributed by atoms with Crippen LogP contribution in [0.25, 0.3) is 11.0 Å². The fourth-order valence-corrected chi connectivity index (χ4v) is 7.29. The molecule has 1 aromatic heterocycles. The van der Waals surface area contributed by atoms with Crippen LogP contribution >= 0.6 is 0 Å². The number of hydrogen-bond acceptors (Lipinski definition) is 4. The summed E-state index contributed by atoms with van der Waals surface area (Å²) in [5.41, 5.74) is 1.74. The van der Waals surface area contributed by atoms with E-state index >= 15 is 0 Å². The largest absolute Gasteiger partial charge is 0.342 e. The SMILES string of the molecule is CNC(=O)NC1CCN(S(=O)(=O)N(C)c2ccc3nc(C(C4CCC(F)(F)CC4)C(C)(C)C)[nH]c3c2)CC1. The number of urea groups is 1. The number of hydrogen-bond donors (Lipinski definition) is 3. The number of alkyl halides is 2. The van der Waals surface area contributed by atoms with Crippen molar-refractivity contribution in [1.82, 2.24) is 24.9 Å². The van der Waals surface area contributed by atoms with Crippen molar-refractivity contribution in [2.24, 2.45) is 11.3 Å². The molecule has 212 valence electrons. The predicted molar refractivity (Wildman–Crippen MR) is 145 cm³/mol. The topological polar surface area (TPSA) is 110 Å². The van der Waals surface area contributed by atoms with E-state index in [0.29, 0.717) is 55.5 Å². The zero-order chi connectivity index (χ0) is 27.9. The number of anilines is 1. The molecule has 1 saturated heterocycles. The van der Waals surface area contributed by atoms with Crippen molar-refractivity contribution in [3.8, 4) is 0 Å². The van der Waals surface area contributed by atoms with Crippen LogP contribution in [0.5, 0.6) is 0 Å². The van der Waals surface area contributed by atoms with Crippen LogP contribution in [0.1, 0.15) is 71.0 Å². The first-order valence-corrected chi connectivity index (χ1v) is 14.7. The van der Waals surface area contributed by atoms with Gasteiger partial charge in [0.05, 0.1) is 16.7 Å². The van der Waals surface area contributed by atoms with E-state index in [0.717, 1.165) is 5.82 Å². The molecule has 38 heavy (non-hydrogen) atoms. The average molecular weight is 555 g/mol. The number of aromatic nitrogens is 2. The first-order chi connectivity index (χ1) is 17.7. The lowest BCUT2D eigenvalue weighted by Gasteiger charge is -2.39. The molecular weight excluding hydrogens is 514 g/mol. The summed E-state index contributed by atoms with van der Waals surface area (Å²) in [6, 6.07) is 4.96. The van der Waals surface area contributed by atoms with E-state index in [-0.39, 0.29) is 42.2 Å². The van der Waals surface area contributed by atoms with Gasteiger partial charge in [0.2, 0.25) is 5.92 Å². The standard InChI is InChI=1S/C26H40F2N6O3S/c1-25(2,3)22(17-8-12-26(27,28)13-9-17)23-31-20-7-6-19(16-21(20)32-23)33(5)38(36,37)34-14-10-18(11-15-34)30-24(35)29-4/h6-7,16-18,22H,8-15H2,1-5H3,(H,31,32)(H2,29,30,35). The van der Waals surface area contributed by atoms with Gasteiger partial charge in [0.25, 0.3) is 0 Å². The molecule has 4 rings (SSSR count). The molecule has 12 heteroatoms. The van der Waals surface area contributed by atoms with Crippen LogP contribution in [0.4, 0.5) is 19.3 Å². The highest BCUT2D eigenvalue weighted by Crippen LogP contribution is 2.48. The summed E-state index contributed by atoms with van der Waals surface area (Å²) < 4.78 is 57.1. The molecule has 2 aromatic rings. The Morgan fingerprint density at radius 3 is 2.39 bits per heavy atom. The molecule has 2 heterocycles. The molecule has 2 amide bonds. The Bertz CT molecular complexity index is 1240. The molecule has 1 aromatic carbocycles. The van der Waals surface area contributed by atoms with Gasteiger partial charge >= 0.3 is 16.2 Å². The number of benzene rings is 1. The number of nitrogens with one attached hydrogen (secondary N) is 3. The summed E-state index contributed by atoms with van der Waals surface area (Å²) in [6.07, 6.45) is 1.77. The first-order valence-electron chi connectivity index (χ1n) is 13.3. The Hall–Kier alpha value is -2.47. The lowest BCUT2D eigenvalue weighted by Crippen LogP contribution is -2.51.